The standard InChI is InChI=1S/C20H23N5O2/c1-13-4-5-15(18(8-13)26-3)10-25-7-6-16(11-25)19-17(9-21-12-22-19)20-23-14(2)27-24-20/h4-5,8-9,12,16H,6-7,10-11H2,1-3H3. The van der Waals surface area contributed by atoms with Gasteiger partial charge in [0.25, 0.3) is 0 Å². The normalized spacial score (nSPS) is 17.4. The summed E-state index contributed by atoms with van der Waals surface area (Å²) in [5, 5.41) is 4.04. The largest absolute Gasteiger partial charge is 0.496 e. The average molecular weight is 365 g/mol. The molecule has 4 rings (SSSR count). The minimum absolute atomic E-state index is 0.318. The van der Waals surface area contributed by atoms with E-state index in [9.17, 15) is 0 Å². The van der Waals surface area contributed by atoms with Crippen molar-refractivity contribution in [2.45, 2.75) is 32.7 Å². The van der Waals surface area contributed by atoms with Crippen molar-refractivity contribution in [1.82, 2.24) is 25.0 Å². The van der Waals surface area contributed by atoms with E-state index in [4.69, 9.17) is 9.26 Å². The fourth-order valence-corrected chi connectivity index (χ4v) is 3.67. The molecule has 1 fully saturated rings. The number of hydrogen-bond acceptors (Lipinski definition) is 7. The van der Waals surface area contributed by atoms with E-state index in [0.29, 0.717) is 17.6 Å². The Kier molecular flexibility index (Phi) is 4.85. The molecule has 1 aliphatic heterocycles. The maximum absolute atomic E-state index is 5.55. The topological polar surface area (TPSA) is 77.2 Å². The van der Waals surface area contributed by atoms with E-state index in [-0.39, 0.29) is 0 Å². The van der Waals surface area contributed by atoms with Crippen LogP contribution in [0.25, 0.3) is 11.4 Å². The molecule has 7 nitrogen and oxygen atoms in total. The number of aromatic nitrogens is 4. The molecular formula is C20H23N5O2. The van der Waals surface area contributed by atoms with E-state index in [0.717, 1.165) is 43.1 Å². The van der Waals surface area contributed by atoms with Crippen LogP contribution in [-0.2, 0) is 6.54 Å². The highest BCUT2D eigenvalue weighted by Gasteiger charge is 2.28. The summed E-state index contributed by atoms with van der Waals surface area (Å²) in [4.78, 5) is 15.5. The van der Waals surface area contributed by atoms with E-state index in [1.165, 1.54) is 11.1 Å². The van der Waals surface area contributed by atoms with Crippen LogP contribution in [0, 0.1) is 13.8 Å². The molecule has 0 spiro atoms. The van der Waals surface area contributed by atoms with Gasteiger partial charge in [-0.05, 0) is 31.5 Å². The SMILES string of the molecule is COc1cc(C)ccc1CN1CCC(c2ncncc2-c2noc(C)n2)C1. The van der Waals surface area contributed by atoms with Crippen molar-refractivity contribution in [1.29, 1.82) is 0 Å². The second kappa shape index (κ2) is 7.44. The summed E-state index contributed by atoms with van der Waals surface area (Å²) in [6, 6.07) is 6.37. The quantitative estimate of drug-likeness (QED) is 0.687. The lowest BCUT2D eigenvalue weighted by molar-refractivity contribution is 0.316. The summed E-state index contributed by atoms with van der Waals surface area (Å²) < 4.78 is 10.7. The molecule has 1 unspecified atom stereocenters. The van der Waals surface area contributed by atoms with Crippen LogP contribution in [0.4, 0.5) is 0 Å². The van der Waals surface area contributed by atoms with Gasteiger partial charge in [0.05, 0.1) is 18.4 Å². The monoisotopic (exact) mass is 365 g/mol. The third-order valence-electron chi connectivity index (χ3n) is 5.01. The van der Waals surface area contributed by atoms with E-state index >= 15 is 0 Å². The summed E-state index contributed by atoms with van der Waals surface area (Å²) in [6.45, 7) is 6.66. The summed E-state index contributed by atoms with van der Waals surface area (Å²) >= 11 is 0. The fourth-order valence-electron chi connectivity index (χ4n) is 3.67. The molecule has 1 aromatic carbocycles. The van der Waals surface area contributed by atoms with E-state index in [2.05, 4.69) is 50.1 Å². The fraction of sp³-hybridized carbons (Fsp3) is 0.400. The Balaban J connectivity index is 1.52. The molecule has 1 atom stereocenters. The Labute approximate surface area is 158 Å². The first-order valence-corrected chi connectivity index (χ1v) is 9.10. The van der Waals surface area contributed by atoms with Crippen molar-refractivity contribution in [2.24, 2.45) is 0 Å². The molecule has 2 aromatic heterocycles. The van der Waals surface area contributed by atoms with Gasteiger partial charge in [-0.25, -0.2) is 9.97 Å². The summed E-state index contributed by atoms with van der Waals surface area (Å²) in [7, 11) is 1.73. The molecule has 0 amide bonds. The van der Waals surface area contributed by atoms with E-state index < -0.39 is 0 Å². The second-order valence-corrected chi connectivity index (χ2v) is 6.99. The predicted molar refractivity (Wildman–Crippen MR) is 100 cm³/mol. The smallest absolute Gasteiger partial charge is 0.223 e. The lowest BCUT2D eigenvalue weighted by Crippen LogP contribution is -2.20. The summed E-state index contributed by atoms with van der Waals surface area (Å²) in [5.41, 5.74) is 4.26. The van der Waals surface area contributed by atoms with Gasteiger partial charge in [0, 0.05) is 37.7 Å². The van der Waals surface area contributed by atoms with Crippen LogP contribution in [0.1, 0.15) is 35.1 Å². The Morgan fingerprint density at radius 1 is 1.30 bits per heavy atom. The minimum Gasteiger partial charge on any atom is -0.496 e. The van der Waals surface area contributed by atoms with Crippen molar-refractivity contribution >= 4 is 0 Å². The number of ether oxygens (including phenoxy) is 1. The van der Waals surface area contributed by atoms with E-state index in [1.807, 2.05) is 0 Å². The number of methoxy groups -OCH3 is 1. The Morgan fingerprint density at radius 3 is 2.96 bits per heavy atom. The van der Waals surface area contributed by atoms with Gasteiger partial charge in [0.2, 0.25) is 11.7 Å². The molecular weight excluding hydrogens is 342 g/mol. The van der Waals surface area contributed by atoms with Crippen LogP contribution < -0.4 is 4.74 Å². The van der Waals surface area contributed by atoms with Crippen LogP contribution in [0.3, 0.4) is 0 Å². The Bertz CT molecular complexity index is 940. The first-order valence-electron chi connectivity index (χ1n) is 9.10. The number of rotatable bonds is 5. The van der Waals surface area contributed by atoms with Gasteiger partial charge in [-0.3, -0.25) is 4.90 Å². The Hall–Kier alpha value is -2.80. The van der Waals surface area contributed by atoms with Gasteiger partial charge in [0.1, 0.15) is 12.1 Å². The van der Waals surface area contributed by atoms with Crippen LogP contribution >= 0.6 is 0 Å². The molecule has 7 heteroatoms. The van der Waals surface area contributed by atoms with E-state index in [1.54, 1.807) is 26.6 Å². The van der Waals surface area contributed by atoms with Gasteiger partial charge in [-0.15, -0.1) is 0 Å². The van der Waals surface area contributed by atoms with Gasteiger partial charge < -0.3 is 9.26 Å². The van der Waals surface area contributed by atoms with Crippen LogP contribution in [0.5, 0.6) is 5.75 Å². The van der Waals surface area contributed by atoms with Gasteiger partial charge in [-0.1, -0.05) is 17.3 Å². The average Bonchev–Trinajstić information content (AvgIpc) is 3.32. The van der Waals surface area contributed by atoms with Crippen molar-refractivity contribution in [2.75, 3.05) is 20.2 Å². The third-order valence-corrected chi connectivity index (χ3v) is 5.01. The highest BCUT2D eigenvalue weighted by Crippen LogP contribution is 2.33. The van der Waals surface area contributed by atoms with Gasteiger partial charge in [-0.2, -0.15) is 4.98 Å². The number of benzene rings is 1. The molecule has 3 heterocycles. The number of nitrogens with zero attached hydrogens (tertiary/aromatic N) is 5. The number of hydrogen-bond donors (Lipinski definition) is 0. The molecule has 0 N–H and O–H groups in total. The zero-order valence-electron chi connectivity index (χ0n) is 15.8. The predicted octanol–water partition coefficient (Wildman–Crippen LogP) is 3.14. The molecule has 1 saturated heterocycles. The number of likely N-dealkylation sites (tertiary alicyclic amines) is 1. The minimum atomic E-state index is 0.318. The summed E-state index contributed by atoms with van der Waals surface area (Å²) in [5.74, 6) is 2.36. The van der Waals surface area contributed by atoms with Crippen molar-refractivity contribution in [3.63, 3.8) is 0 Å². The highest BCUT2D eigenvalue weighted by molar-refractivity contribution is 5.57. The molecule has 0 aliphatic carbocycles. The molecule has 0 radical (unpaired) electrons. The first kappa shape index (κ1) is 17.6. The highest BCUT2D eigenvalue weighted by atomic mass is 16.5. The zero-order chi connectivity index (χ0) is 18.8. The first-order chi connectivity index (χ1) is 13.1. The third kappa shape index (κ3) is 3.68. The van der Waals surface area contributed by atoms with Crippen LogP contribution in [0.15, 0.2) is 35.2 Å². The lowest BCUT2D eigenvalue weighted by atomic mass is 10.00. The molecule has 0 saturated carbocycles. The zero-order valence-corrected chi connectivity index (χ0v) is 15.8. The molecule has 0 bridgehead atoms. The molecule has 1 aliphatic rings. The summed E-state index contributed by atoms with van der Waals surface area (Å²) in [6.07, 6.45) is 4.41. The van der Waals surface area contributed by atoms with Crippen molar-refractivity contribution < 1.29 is 9.26 Å². The molecule has 27 heavy (non-hydrogen) atoms. The van der Waals surface area contributed by atoms with Crippen molar-refractivity contribution in [3.8, 4) is 17.1 Å². The van der Waals surface area contributed by atoms with Gasteiger partial charge in [0.15, 0.2) is 0 Å². The Morgan fingerprint density at radius 2 is 2.19 bits per heavy atom. The molecule has 140 valence electrons. The maximum atomic E-state index is 5.55. The molecule has 3 aromatic rings. The second-order valence-electron chi connectivity index (χ2n) is 6.99. The van der Waals surface area contributed by atoms with Crippen LogP contribution in [0.2, 0.25) is 0 Å². The van der Waals surface area contributed by atoms with Gasteiger partial charge >= 0.3 is 0 Å². The number of aryl methyl sites for hydroxylation is 2. The lowest BCUT2D eigenvalue weighted by Gasteiger charge is -2.18. The maximum Gasteiger partial charge on any atom is 0.223 e. The van der Waals surface area contributed by atoms with Crippen LogP contribution in [-0.4, -0.2) is 45.2 Å². The van der Waals surface area contributed by atoms with Crippen molar-refractivity contribution in [3.05, 3.63) is 53.4 Å².